The largest absolute Gasteiger partial charge is 0.356 e. The molecule has 1 aliphatic carbocycles. The fourth-order valence-electron chi connectivity index (χ4n) is 3.17. The Bertz CT molecular complexity index is 654. The molecule has 124 valence electrons. The van der Waals surface area contributed by atoms with Crippen LogP contribution in [0.25, 0.3) is 5.65 Å². The molecule has 2 aromatic heterocycles. The quantitative estimate of drug-likeness (QED) is 0.671. The average molecular weight is 314 g/mol. The SMILES string of the molecule is CN=C(NCc1nnc2ccccn12)NCC1CCC(C)CC1. The third-order valence-corrected chi connectivity index (χ3v) is 4.72. The van der Waals surface area contributed by atoms with Gasteiger partial charge in [-0.15, -0.1) is 10.2 Å². The van der Waals surface area contributed by atoms with Crippen LogP contribution >= 0.6 is 0 Å². The third kappa shape index (κ3) is 4.00. The van der Waals surface area contributed by atoms with Gasteiger partial charge in [0.15, 0.2) is 17.4 Å². The molecule has 23 heavy (non-hydrogen) atoms. The summed E-state index contributed by atoms with van der Waals surface area (Å²) < 4.78 is 1.99. The van der Waals surface area contributed by atoms with Gasteiger partial charge in [0.2, 0.25) is 0 Å². The maximum absolute atomic E-state index is 4.30. The number of guanidine groups is 1. The summed E-state index contributed by atoms with van der Waals surface area (Å²) in [5.74, 6) is 3.37. The lowest BCUT2D eigenvalue weighted by atomic mass is 9.83. The fraction of sp³-hybridized carbons (Fsp3) is 0.588. The van der Waals surface area contributed by atoms with Gasteiger partial charge in [-0.1, -0.05) is 25.8 Å². The lowest BCUT2D eigenvalue weighted by Gasteiger charge is -2.26. The molecule has 2 N–H and O–H groups in total. The number of nitrogens with zero attached hydrogens (tertiary/aromatic N) is 4. The Morgan fingerprint density at radius 3 is 2.83 bits per heavy atom. The van der Waals surface area contributed by atoms with Crippen molar-refractivity contribution in [1.29, 1.82) is 0 Å². The van der Waals surface area contributed by atoms with Gasteiger partial charge < -0.3 is 10.6 Å². The second-order valence-corrected chi connectivity index (χ2v) is 6.48. The zero-order chi connectivity index (χ0) is 16.1. The van der Waals surface area contributed by atoms with Crippen LogP contribution in [0.4, 0.5) is 0 Å². The summed E-state index contributed by atoms with van der Waals surface area (Å²) in [6.45, 7) is 3.95. The zero-order valence-corrected chi connectivity index (χ0v) is 14.0. The van der Waals surface area contributed by atoms with E-state index in [1.807, 2.05) is 28.8 Å². The molecule has 0 bridgehead atoms. The van der Waals surface area contributed by atoms with Gasteiger partial charge in [0.1, 0.15) is 0 Å². The van der Waals surface area contributed by atoms with Crippen LogP contribution in [0, 0.1) is 11.8 Å². The first-order chi connectivity index (χ1) is 11.3. The molecule has 0 aromatic carbocycles. The van der Waals surface area contributed by atoms with Crippen molar-refractivity contribution in [3.05, 3.63) is 30.2 Å². The summed E-state index contributed by atoms with van der Waals surface area (Å²) in [6.07, 6.45) is 7.32. The highest BCUT2D eigenvalue weighted by atomic mass is 15.3. The molecule has 0 radical (unpaired) electrons. The van der Waals surface area contributed by atoms with E-state index in [-0.39, 0.29) is 0 Å². The molecule has 0 aliphatic heterocycles. The highest BCUT2D eigenvalue weighted by Gasteiger charge is 2.18. The van der Waals surface area contributed by atoms with E-state index in [9.17, 15) is 0 Å². The second kappa shape index (κ2) is 7.44. The van der Waals surface area contributed by atoms with Gasteiger partial charge in [0, 0.05) is 19.8 Å². The molecule has 1 saturated carbocycles. The molecule has 0 amide bonds. The summed E-state index contributed by atoms with van der Waals surface area (Å²) in [7, 11) is 1.81. The van der Waals surface area contributed by atoms with Gasteiger partial charge >= 0.3 is 0 Å². The first-order valence-electron chi connectivity index (χ1n) is 8.49. The van der Waals surface area contributed by atoms with Crippen molar-refractivity contribution in [3.63, 3.8) is 0 Å². The van der Waals surface area contributed by atoms with Crippen LogP contribution in [0.2, 0.25) is 0 Å². The Hall–Kier alpha value is -2.11. The molecule has 0 spiro atoms. The maximum atomic E-state index is 4.30. The summed E-state index contributed by atoms with van der Waals surface area (Å²) in [5.41, 5.74) is 0.864. The van der Waals surface area contributed by atoms with Crippen LogP contribution in [0.3, 0.4) is 0 Å². The Labute approximate surface area is 137 Å². The van der Waals surface area contributed by atoms with Crippen molar-refractivity contribution in [1.82, 2.24) is 25.2 Å². The van der Waals surface area contributed by atoms with Crippen molar-refractivity contribution in [2.75, 3.05) is 13.6 Å². The van der Waals surface area contributed by atoms with E-state index in [0.29, 0.717) is 6.54 Å². The highest BCUT2D eigenvalue weighted by Crippen LogP contribution is 2.27. The Balaban J connectivity index is 1.50. The van der Waals surface area contributed by atoms with E-state index in [1.165, 1.54) is 25.7 Å². The molecule has 3 rings (SSSR count). The van der Waals surface area contributed by atoms with Crippen LogP contribution in [-0.4, -0.2) is 34.2 Å². The molecule has 1 aliphatic rings. The average Bonchev–Trinajstić information content (AvgIpc) is 3.00. The molecular formula is C17H26N6. The van der Waals surface area contributed by atoms with E-state index < -0.39 is 0 Å². The van der Waals surface area contributed by atoms with E-state index >= 15 is 0 Å². The van der Waals surface area contributed by atoms with Gasteiger partial charge in [-0.25, -0.2) is 0 Å². The number of aliphatic imine (C=N–C) groups is 1. The minimum Gasteiger partial charge on any atom is -0.356 e. The van der Waals surface area contributed by atoms with E-state index in [1.54, 1.807) is 7.05 Å². The molecule has 6 nitrogen and oxygen atoms in total. The normalized spacial score (nSPS) is 22.3. The Kier molecular flexibility index (Phi) is 5.10. The van der Waals surface area contributed by atoms with Crippen LogP contribution in [0.1, 0.15) is 38.4 Å². The third-order valence-electron chi connectivity index (χ3n) is 4.72. The Morgan fingerprint density at radius 2 is 2.04 bits per heavy atom. The van der Waals surface area contributed by atoms with Gasteiger partial charge in [-0.3, -0.25) is 9.39 Å². The first-order valence-corrected chi connectivity index (χ1v) is 8.49. The van der Waals surface area contributed by atoms with E-state index in [4.69, 9.17) is 0 Å². The van der Waals surface area contributed by atoms with Crippen molar-refractivity contribution < 1.29 is 0 Å². The van der Waals surface area contributed by atoms with Gasteiger partial charge in [-0.05, 0) is 36.8 Å². The van der Waals surface area contributed by atoms with Crippen molar-refractivity contribution >= 4 is 11.6 Å². The maximum Gasteiger partial charge on any atom is 0.191 e. The zero-order valence-electron chi connectivity index (χ0n) is 14.0. The first kappa shape index (κ1) is 15.8. The van der Waals surface area contributed by atoms with Crippen LogP contribution in [0.5, 0.6) is 0 Å². The second-order valence-electron chi connectivity index (χ2n) is 6.48. The molecule has 6 heteroatoms. The van der Waals surface area contributed by atoms with Gasteiger partial charge in [0.05, 0.1) is 6.54 Å². The monoisotopic (exact) mass is 314 g/mol. The van der Waals surface area contributed by atoms with Gasteiger partial charge in [0.25, 0.3) is 0 Å². The van der Waals surface area contributed by atoms with E-state index in [0.717, 1.165) is 35.8 Å². The lowest BCUT2D eigenvalue weighted by molar-refractivity contribution is 0.289. The summed E-state index contributed by atoms with van der Waals surface area (Å²) in [6, 6.07) is 5.90. The summed E-state index contributed by atoms with van der Waals surface area (Å²) in [4.78, 5) is 4.30. The summed E-state index contributed by atoms with van der Waals surface area (Å²) >= 11 is 0. The number of hydrogen-bond donors (Lipinski definition) is 2. The predicted molar refractivity (Wildman–Crippen MR) is 92.3 cm³/mol. The van der Waals surface area contributed by atoms with Crippen molar-refractivity contribution in [2.45, 2.75) is 39.2 Å². The molecule has 1 fully saturated rings. The molecular weight excluding hydrogens is 288 g/mol. The van der Waals surface area contributed by atoms with Crippen LogP contribution in [0.15, 0.2) is 29.4 Å². The number of fused-ring (bicyclic) bond motifs is 1. The van der Waals surface area contributed by atoms with Crippen LogP contribution in [-0.2, 0) is 6.54 Å². The fourth-order valence-corrected chi connectivity index (χ4v) is 3.17. The molecule has 0 saturated heterocycles. The predicted octanol–water partition coefficient (Wildman–Crippen LogP) is 2.22. The lowest BCUT2D eigenvalue weighted by Crippen LogP contribution is -2.40. The van der Waals surface area contributed by atoms with E-state index in [2.05, 4.69) is 32.7 Å². The topological polar surface area (TPSA) is 66.6 Å². The number of pyridine rings is 1. The molecule has 2 aromatic rings. The molecule has 0 atom stereocenters. The highest BCUT2D eigenvalue weighted by molar-refractivity contribution is 5.79. The van der Waals surface area contributed by atoms with Crippen LogP contribution < -0.4 is 10.6 Å². The van der Waals surface area contributed by atoms with Crippen molar-refractivity contribution in [2.24, 2.45) is 16.8 Å². The standard InChI is InChI=1S/C17H26N6/c1-13-6-8-14(9-7-13)11-19-17(18-2)20-12-16-22-21-15-5-3-4-10-23(15)16/h3-5,10,13-14H,6-9,11-12H2,1-2H3,(H2,18,19,20). The smallest absolute Gasteiger partial charge is 0.191 e. The number of nitrogens with one attached hydrogen (secondary N) is 2. The molecule has 0 unspecified atom stereocenters. The Morgan fingerprint density at radius 1 is 1.22 bits per heavy atom. The minimum absolute atomic E-state index is 0.604. The molecule has 2 heterocycles. The van der Waals surface area contributed by atoms with Crippen molar-refractivity contribution in [3.8, 4) is 0 Å². The summed E-state index contributed by atoms with van der Waals surface area (Å²) in [5, 5.41) is 15.2. The number of rotatable bonds is 4. The number of aromatic nitrogens is 3. The minimum atomic E-state index is 0.604. The van der Waals surface area contributed by atoms with Gasteiger partial charge in [-0.2, -0.15) is 0 Å². The number of hydrogen-bond acceptors (Lipinski definition) is 3.